The fourth-order valence-electron chi connectivity index (χ4n) is 1.86. The second-order valence-corrected chi connectivity index (χ2v) is 5.31. The highest BCUT2D eigenvalue weighted by Crippen LogP contribution is 2.20. The maximum atomic E-state index is 12.1. The average Bonchev–Trinajstić information content (AvgIpc) is 2.51. The fraction of sp³-hybridized carbons (Fsp3) is 0.176. The molecule has 0 N–H and O–H groups in total. The van der Waals surface area contributed by atoms with E-state index in [1.807, 2.05) is 54.6 Å². The molecule has 0 amide bonds. The van der Waals surface area contributed by atoms with Crippen LogP contribution in [0.5, 0.6) is 0 Å². The maximum absolute atomic E-state index is 12.1. The summed E-state index contributed by atoms with van der Waals surface area (Å²) in [4.78, 5) is 16.5. The number of esters is 1. The van der Waals surface area contributed by atoms with E-state index in [0.29, 0.717) is 6.61 Å². The maximum Gasteiger partial charge on any atom is 0.318 e. The smallest absolute Gasteiger partial charge is 0.318 e. The molecule has 1 atom stereocenters. The van der Waals surface area contributed by atoms with Crippen molar-refractivity contribution in [1.82, 2.24) is 0 Å². The molecule has 0 aliphatic carbocycles. The number of carbonyl (C=O) groups is 1. The van der Waals surface area contributed by atoms with E-state index in [0.717, 1.165) is 15.7 Å². The number of hydrogen-bond acceptors (Lipinski definition) is 3. The molecule has 2 rings (SSSR count). The van der Waals surface area contributed by atoms with Crippen LogP contribution in [-0.2, 0) is 9.53 Å². The number of rotatable bonds is 5. The first kappa shape index (κ1) is 15.4. The van der Waals surface area contributed by atoms with Crippen LogP contribution in [0, 0.1) is 0 Å². The van der Waals surface area contributed by atoms with E-state index in [9.17, 15) is 4.79 Å². The van der Waals surface area contributed by atoms with Gasteiger partial charge >= 0.3 is 5.97 Å². The summed E-state index contributed by atoms with van der Waals surface area (Å²) in [6.07, 6.45) is 1.64. The van der Waals surface area contributed by atoms with Crippen molar-refractivity contribution in [2.45, 2.75) is 12.8 Å². The number of nitrogens with zero attached hydrogens (tertiary/aromatic N) is 1. The zero-order chi connectivity index (χ0) is 15.1. The fourth-order valence-corrected chi connectivity index (χ4v) is 2.13. The molecular formula is C17H16BrNO2. The molecule has 108 valence electrons. The van der Waals surface area contributed by atoms with Gasteiger partial charge in [-0.25, -0.2) is 0 Å². The molecule has 0 radical (unpaired) electrons. The van der Waals surface area contributed by atoms with E-state index in [1.54, 1.807) is 13.1 Å². The second kappa shape index (κ2) is 7.74. The third-order valence-corrected chi connectivity index (χ3v) is 3.43. The summed E-state index contributed by atoms with van der Waals surface area (Å²) in [7, 11) is 0. The Morgan fingerprint density at radius 2 is 1.86 bits per heavy atom. The topological polar surface area (TPSA) is 38.7 Å². The van der Waals surface area contributed by atoms with Crippen molar-refractivity contribution in [3.05, 3.63) is 64.6 Å². The van der Waals surface area contributed by atoms with Gasteiger partial charge in [-0.2, -0.15) is 0 Å². The van der Waals surface area contributed by atoms with Crippen LogP contribution in [0.25, 0.3) is 0 Å². The zero-order valence-corrected chi connectivity index (χ0v) is 13.3. The first-order valence-corrected chi connectivity index (χ1v) is 7.51. The normalized spacial score (nSPS) is 12.3. The molecule has 0 aromatic heterocycles. The second-order valence-electron chi connectivity index (χ2n) is 4.39. The van der Waals surface area contributed by atoms with Crippen molar-refractivity contribution in [2.75, 3.05) is 6.61 Å². The molecule has 0 aliphatic heterocycles. The van der Waals surface area contributed by atoms with E-state index in [-0.39, 0.29) is 5.97 Å². The summed E-state index contributed by atoms with van der Waals surface area (Å²) in [5.74, 6) is -0.778. The van der Waals surface area contributed by atoms with Gasteiger partial charge in [0.1, 0.15) is 5.92 Å². The average molecular weight is 346 g/mol. The minimum Gasteiger partial charge on any atom is -0.465 e. The number of benzene rings is 2. The lowest BCUT2D eigenvalue weighted by molar-refractivity contribution is -0.143. The Morgan fingerprint density at radius 1 is 1.19 bits per heavy atom. The molecule has 0 spiro atoms. The minimum absolute atomic E-state index is 0.287. The summed E-state index contributed by atoms with van der Waals surface area (Å²) in [5, 5.41) is 0. The van der Waals surface area contributed by atoms with Crippen LogP contribution >= 0.6 is 15.9 Å². The van der Waals surface area contributed by atoms with Crippen molar-refractivity contribution in [1.29, 1.82) is 0 Å². The van der Waals surface area contributed by atoms with E-state index >= 15 is 0 Å². The Bertz CT molecular complexity index is 608. The molecule has 0 saturated carbocycles. The van der Waals surface area contributed by atoms with Crippen molar-refractivity contribution in [2.24, 2.45) is 4.99 Å². The van der Waals surface area contributed by atoms with Crippen molar-refractivity contribution >= 4 is 33.8 Å². The third-order valence-electron chi connectivity index (χ3n) is 2.90. The van der Waals surface area contributed by atoms with Gasteiger partial charge in [0.15, 0.2) is 0 Å². The molecule has 4 heteroatoms. The third kappa shape index (κ3) is 4.53. The van der Waals surface area contributed by atoms with Crippen LogP contribution in [0.1, 0.15) is 18.4 Å². The Kier molecular flexibility index (Phi) is 5.69. The van der Waals surface area contributed by atoms with Gasteiger partial charge in [0, 0.05) is 10.7 Å². The van der Waals surface area contributed by atoms with Crippen molar-refractivity contribution in [3.63, 3.8) is 0 Å². The van der Waals surface area contributed by atoms with E-state index in [2.05, 4.69) is 20.9 Å². The molecular weight excluding hydrogens is 330 g/mol. The van der Waals surface area contributed by atoms with E-state index < -0.39 is 5.92 Å². The summed E-state index contributed by atoms with van der Waals surface area (Å²) >= 11 is 3.38. The lowest BCUT2D eigenvalue weighted by Gasteiger charge is -2.11. The molecule has 0 saturated heterocycles. The first-order chi connectivity index (χ1) is 10.2. The first-order valence-electron chi connectivity index (χ1n) is 6.72. The van der Waals surface area contributed by atoms with Gasteiger partial charge in [0.25, 0.3) is 0 Å². The molecule has 3 nitrogen and oxygen atoms in total. The van der Waals surface area contributed by atoms with Gasteiger partial charge in [0.2, 0.25) is 0 Å². The number of carbonyl (C=O) groups excluding carboxylic acids is 1. The molecule has 0 heterocycles. The molecule has 0 fully saturated rings. The Morgan fingerprint density at radius 3 is 2.48 bits per heavy atom. The van der Waals surface area contributed by atoms with Crippen LogP contribution in [-0.4, -0.2) is 18.8 Å². The van der Waals surface area contributed by atoms with Crippen LogP contribution in [0.15, 0.2) is 64.1 Å². The summed E-state index contributed by atoms with van der Waals surface area (Å²) in [6, 6.07) is 17.1. The monoisotopic (exact) mass is 345 g/mol. The minimum atomic E-state index is -0.491. The number of halogens is 1. The predicted octanol–water partition coefficient (Wildman–Crippen LogP) is 4.50. The van der Waals surface area contributed by atoms with Gasteiger partial charge in [-0.15, -0.1) is 0 Å². The molecule has 0 bridgehead atoms. The van der Waals surface area contributed by atoms with Gasteiger partial charge in [-0.05, 0) is 36.8 Å². The molecule has 0 aliphatic rings. The highest BCUT2D eigenvalue weighted by Gasteiger charge is 2.19. The Hall–Kier alpha value is -1.94. The molecule has 21 heavy (non-hydrogen) atoms. The lowest BCUT2D eigenvalue weighted by Crippen LogP contribution is -2.17. The van der Waals surface area contributed by atoms with Crippen LogP contribution in [0.2, 0.25) is 0 Å². The Labute approximate surface area is 132 Å². The van der Waals surface area contributed by atoms with Gasteiger partial charge < -0.3 is 4.74 Å². The van der Waals surface area contributed by atoms with E-state index in [4.69, 9.17) is 4.74 Å². The number of aliphatic imine (C=N–C) groups is 1. The SMILES string of the molecule is CCOC(=O)C(/C=N/c1ccc(Br)cc1)c1ccccc1. The summed E-state index contributed by atoms with van der Waals surface area (Å²) < 4.78 is 6.12. The standard InChI is InChI=1S/C17H16BrNO2/c1-2-21-17(20)16(13-6-4-3-5-7-13)12-19-15-10-8-14(18)9-11-15/h3-12,16H,2H2,1H3/b19-12+. The van der Waals surface area contributed by atoms with Gasteiger partial charge in [0.05, 0.1) is 12.3 Å². The van der Waals surface area contributed by atoms with Crippen molar-refractivity contribution < 1.29 is 9.53 Å². The highest BCUT2D eigenvalue weighted by molar-refractivity contribution is 9.10. The van der Waals surface area contributed by atoms with Crippen LogP contribution in [0.4, 0.5) is 5.69 Å². The molecule has 1 unspecified atom stereocenters. The summed E-state index contributed by atoms with van der Waals surface area (Å²) in [6.45, 7) is 2.15. The zero-order valence-electron chi connectivity index (χ0n) is 11.7. The van der Waals surface area contributed by atoms with Crippen molar-refractivity contribution in [3.8, 4) is 0 Å². The Balaban J connectivity index is 2.23. The molecule has 2 aromatic carbocycles. The van der Waals surface area contributed by atoms with Crippen LogP contribution in [0.3, 0.4) is 0 Å². The van der Waals surface area contributed by atoms with Gasteiger partial charge in [-0.1, -0.05) is 46.3 Å². The van der Waals surface area contributed by atoms with E-state index in [1.165, 1.54) is 0 Å². The van der Waals surface area contributed by atoms with Crippen LogP contribution < -0.4 is 0 Å². The van der Waals surface area contributed by atoms with Gasteiger partial charge in [-0.3, -0.25) is 9.79 Å². The number of ether oxygens (including phenoxy) is 1. The lowest BCUT2D eigenvalue weighted by atomic mass is 10.0. The predicted molar refractivity (Wildman–Crippen MR) is 88.1 cm³/mol. The largest absolute Gasteiger partial charge is 0.465 e. The number of hydrogen-bond donors (Lipinski definition) is 0. The highest BCUT2D eigenvalue weighted by atomic mass is 79.9. The quantitative estimate of drug-likeness (QED) is 0.591. The summed E-state index contributed by atoms with van der Waals surface area (Å²) in [5.41, 5.74) is 1.67. The molecule has 2 aromatic rings.